The summed E-state index contributed by atoms with van der Waals surface area (Å²) in [6.07, 6.45) is 4.69. The van der Waals surface area contributed by atoms with Gasteiger partial charge in [0.1, 0.15) is 5.54 Å². The van der Waals surface area contributed by atoms with E-state index in [2.05, 4.69) is 31.0 Å². The molecule has 1 aliphatic heterocycles. The highest BCUT2D eigenvalue weighted by atomic mass is 16.5. The van der Waals surface area contributed by atoms with E-state index in [1.807, 2.05) is 6.92 Å². The minimum atomic E-state index is -0.595. The Morgan fingerprint density at radius 1 is 1.35 bits per heavy atom. The summed E-state index contributed by atoms with van der Waals surface area (Å²) < 4.78 is 5.00. The molecular weight excluding hydrogens is 252 g/mol. The number of hydrogen-bond donors (Lipinski definition) is 1. The molecule has 0 bridgehead atoms. The Morgan fingerprint density at radius 3 is 2.45 bits per heavy atom. The smallest absolute Gasteiger partial charge is 0.327 e. The van der Waals surface area contributed by atoms with Crippen molar-refractivity contribution in [2.45, 2.75) is 58.9 Å². The Kier molecular flexibility index (Phi) is 6.46. The molecule has 1 rings (SSSR count). The second-order valence-corrected chi connectivity index (χ2v) is 6.42. The topological polar surface area (TPSA) is 41.6 Å². The third kappa shape index (κ3) is 3.95. The van der Waals surface area contributed by atoms with E-state index in [9.17, 15) is 4.79 Å². The second kappa shape index (κ2) is 7.41. The van der Waals surface area contributed by atoms with Crippen molar-refractivity contribution in [2.75, 3.05) is 33.3 Å². The number of esters is 1. The van der Waals surface area contributed by atoms with E-state index >= 15 is 0 Å². The van der Waals surface area contributed by atoms with Gasteiger partial charge in [-0.25, -0.2) is 0 Å². The van der Waals surface area contributed by atoms with Crippen LogP contribution in [0.3, 0.4) is 0 Å². The molecular formula is C16H32N2O2. The van der Waals surface area contributed by atoms with Gasteiger partial charge in [-0.1, -0.05) is 20.8 Å². The minimum absolute atomic E-state index is 0.156. The number of nitrogens with zero attached hydrogens (tertiary/aromatic N) is 1. The fourth-order valence-electron chi connectivity index (χ4n) is 3.26. The highest BCUT2D eigenvalue weighted by Gasteiger charge is 2.41. The molecule has 1 unspecified atom stereocenters. The Hall–Kier alpha value is -0.610. The molecule has 0 amide bonds. The van der Waals surface area contributed by atoms with Crippen LogP contribution in [0.4, 0.5) is 0 Å². The molecule has 1 atom stereocenters. The molecule has 1 saturated heterocycles. The van der Waals surface area contributed by atoms with Gasteiger partial charge in [0, 0.05) is 13.1 Å². The van der Waals surface area contributed by atoms with Gasteiger partial charge in [-0.05, 0) is 51.1 Å². The number of hydrogen-bond acceptors (Lipinski definition) is 4. The zero-order valence-electron chi connectivity index (χ0n) is 13.9. The maximum absolute atomic E-state index is 12.1. The summed E-state index contributed by atoms with van der Waals surface area (Å²) in [6, 6.07) is 0. The molecule has 0 aromatic carbocycles. The monoisotopic (exact) mass is 284 g/mol. The van der Waals surface area contributed by atoms with E-state index in [1.165, 1.54) is 26.4 Å². The molecule has 118 valence electrons. The SMILES string of the molecule is CCCNC(C)(CN1CCC(CC)(CC)C1)C(=O)OC. The van der Waals surface area contributed by atoms with Gasteiger partial charge in [-0.15, -0.1) is 0 Å². The predicted molar refractivity (Wildman–Crippen MR) is 82.8 cm³/mol. The number of likely N-dealkylation sites (tertiary alicyclic amines) is 1. The van der Waals surface area contributed by atoms with Crippen molar-refractivity contribution in [3.8, 4) is 0 Å². The van der Waals surface area contributed by atoms with Crippen LogP contribution in [0.15, 0.2) is 0 Å². The van der Waals surface area contributed by atoms with Crippen LogP contribution < -0.4 is 5.32 Å². The molecule has 0 aromatic rings. The zero-order chi connectivity index (χ0) is 15.2. The number of nitrogens with one attached hydrogen (secondary N) is 1. The molecule has 0 saturated carbocycles. The maximum atomic E-state index is 12.1. The van der Waals surface area contributed by atoms with E-state index in [0.717, 1.165) is 32.6 Å². The first-order valence-corrected chi connectivity index (χ1v) is 8.01. The molecule has 1 aliphatic rings. The first kappa shape index (κ1) is 17.4. The fourth-order valence-corrected chi connectivity index (χ4v) is 3.26. The van der Waals surface area contributed by atoms with E-state index in [0.29, 0.717) is 5.41 Å². The third-order valence-electron chi connectivity index (χ3n) is 4.96. The lowest BCUT2D eigenvalue weighted by atomic mass is 9.82. The molecule has 0 spiro atoms. The molecule has 1 fully saturated rings. The average molecular weight is 284 g/mol. The van der Waals surface area contributed by atoms with E-state index in [-0.39, 0.29) is 5.97 Å². The van der Waals surface area contributed by atoms with Crippen LogP contribution in [0.1, 0.15) is 53.4 Å². The summed E-state index contributed by atoms with van der Waals surface area (Å²) in [5, 5.41) is 3.37. The van der Waals surface area contributed by atoms with Crippen LogP contribution in [0, 0.1) is 5.41 Å². The number of ether oxygens (including phenoxy) is 1. The molecule has 20 heavy (non-hydrogen) atoms. The van der Waals surface area contributed by atoms with Gasteiger partial charge in [0.25, 0.3) is 0 Å². The Labute approximate surface area is 124 Å². The van der Waals surface area contributed by atoms with Gasteiger partial charge in [-0.2, -0.15) is 0 Å². The number of carbonyl (C=O) groups is 1. The van der Waals surface area contributed by atoms with Crippen LogP contribution in [0.25, 0.3) is 0 Å². The molecule has 1 N–H and O–H groups in total. The van der Waals surface area contributed by atoms with Crippen molar-refractivity contribution in [2.24, 2.45) is 5.41 Å². The van der Waals surface area contributed by atoms with Crippen molar-refractivity contribution in [1.29, 1.82) is 0 Å². The molecule has 0 aliphatic carbocycles. The van der Waals surface area contributed by atoms with Crippen LogP contribution in [0.5, 0.6) is 0 Å². The zero-order valence-corrected chi connectivity index (χ0v) is 13.9. The van der Waals surface area contributed by atoms with E-state index in [1.54, 1.807) is 0 Å². The van der Waals surface area contributed by atoms with Crippen LogP contribution in [-0.4, -0.2) is 49.7 Å². The van der Waals surface area contributed by atoms with Crippen molar-refractivity contribution in [3.63, 3.8) is 0 Å². The Bertz CT molecular complexity index is 316. The highest BCUT2D eigenvalue weighted by Crippen LogP contribution is 2.37. The first-order chi connectivity index (χ1) is 9.45. The van der Waals surface area contributed by atoms with Gasteiger partial charge in [0.05, 0.1) is 7.11 Å². The Morgan fingerprint density at radius 2 is 2.00 bits per heavy atom. The van der Waals surface area contributed by atoms with Gasteiger partial charge in [0.2, 0.25) is 0 Å². The third-order valence-corrected chi connectivity index (χ3v) is 4.96. The molecule has 1 heterocycles. The van der Waals surface area contributed by atoms with Gasteiger partial charge >= 0.3 is 5.97 Å². The molecule has 0 aromatic heterocycles. The summed E-state index contributed by atoms with van der Waals surface area (Å²) in [6.45, 7) is 12.4. The van der Waals surface area contributed by atoms with E-state index in [4.69, 9.17) is 4.74 Å². The van der Waals surface area contributed by atoms with E-state index < -0.39 is 5.54 Å². The van der Waals surface area contributed by atoms with Crippen molar-refractivity contribution in [1.82, 2.24) is 10.2 Å². The predicted octanol–water partition coefficient (Wildman–Crippen LogP) is 2.43. The van der Waals surface area contributed by atoms with Crippen LogP contribution >= 0.6 is 0 Å². The quantitative estimate of drug-likeness (QED) is 0.695. The van der Waals surface area contributed by atoms with Gasteiger partial charge in [-0.3, -0.25) is 4.79 Å². The van der Waals surface area contributed by atoms with Crippen LogP contribution in [0.2, 0.25) is 0 Å². The molecule has 0 radical (unpaired) electrons. The summed E-state index contributed by atoms with van der Waals surface area (Å²) in [5.74, 6) is -0.156. The maximum Gasteiger partial charge on any atom is 0.327 e. The standard InChI is InChI=1S/C16H32N2O2/c1-6-10-17-15(4,14(19)20-5)12-18-11-9-16(7-2,8-3)13-18/h17H,6-13H2,1-5H3. The normalized spacial score (nSPS) is 21.6. The lowest BCUT2D eigenvalue weighted by Gasteiger charge is -2.33. The first-order valence-electron chi connectivity index (χ1n) is 8.01. The lowest BCUT2D eigenvalue weighted by molar-refractivity contribution is -0.148. The Balaban J connectivity index is 2.69. The minimum Gasteiger partial charge on any atom is -0.468 e. The number of carbonyl (C=O) groups excluding carboxylic acids is 1. The van der Waals surface area contributed by atoms with Gasteiger partial charge in [0.15, 0.2) is 0 Å². The molecule has 4 heteroatoms. The fraction of sp³-hybridized carbons (Fsp3) is 0.938. The summed E-state index contributed by atoms with van der Waals surface area (Å²) >= 11 is 0. The van der Waals surface area contributed by atoms with Crippen molar-refractivity contribution < 1.29 is 9.53 Å². The lowest BCUT2D eigenvalue weighted by Crippen LogP contribution is -2.57. The summed E-state index contributed by atoms with van der Waals surface area (Å²) in [5.41, 5.74) is -0.149. The van der Waals surface area contributed by atoms with Crippen molar-refractivity contribution >= 4 is 5.97 Å². The highest BCUT2D eigenvalue weighted by molar-refractivity contribution is 5.80. The number of rotatable bonds is 8. The molecule has 4 nitrogen and oxygen atoms in total. The number of methoxy groups -OCH3 is 1. The summed E-state index contributed by atoms with van der Waals surface area (Å²) in [4.78, 5) is 14.5. The van der Waals surface area contributed by atoms with Gasteiger partial charge < -0.3 is 15.0 Å². The average Bonchev–Trinajstić information content (AvgIpc) is 2.87. The summed E-state index contributed by atoms with van der Waals surface area (Å²) in [7, 11) is 1.47. The second-order valence-electron chi connectivity index (χ2n) is 6.42. The van der Waals surface area contributed by atoms with Crippen LogP contribution in [-0.2, 0) is 9.53 Å². The van der Waals surface area contributed by atoms with Crippen molar-refractivity contribution in [3.05, 3.63) is 0 Å². The largest absolute Gasteiger partial charge is 0.468 e.